The molecule has 3 aromatic rings. The summed E-state index contributed by atoms with van der Waals surface area (Å²) >= 11 is 0. The first-order valence-corrected chi connectivity index (χ1v) is 7.46. The second-order valence-electron chi connectivity index (χ2n) is 5.75. The Labute approximate surface area is 123 Å². The van der Waals surface area contributed by atoms with Crippen LogP contribution in [-0.2, 0) is 6.42 Å². The van der Waals surface area contributed by atoms with Crippen LogP contribution in [0.3, 0.4) is 0 Å². The third-order valence-electron chi connectivity index (χ3n) is 3.82. The molecule has 0 atom stereocenters. The second-order valence-corrected chi connectivity index (χ2v) is 5.75. The third kappa shape index (κ3) is 2.72. The summed E-state index contributed by atoms with van der Waals surface area (Å²) in [6, 6.07) is 8.88. The van der Waals surface area contributed by atoms with Crippen molar-refractivity contribution in [2.24, 2.45) is 0 Å². The highest BCUT2D eigenvalue weighted by Crippen LogP contribution is 2.29. The molecule has 4 heteroatoms. The van der Waals surface area contributed by atoms with Crippen LogP contribution in [0.4, 0.5) is 0 Å². The fourth-order valence-electron chi connectivity index (χ4n) is 2.49. The smallest absolute Gasteiger partial charge is 0.196 e. The zero-order valence-corrected chi connectivity index (χ0v) is 12.1. The van der Waals surface area contributed by atoms with E-state index >= 15 is 0 Å². The monoisotopic (exact) mass is 282 g/mol. The van der Waals surface area contributed by atoms with E-state index in [9.17, 15) is 0 Å². The van der Waals surface area contributed by atoms with Crippen molar-refractivity contribution in [1.29, 1.82) is 0 Å². The molecule has 0 amide bonds. The quantitative estimate of drug-likeness (QED) is 0.775. The van der Waals surface area contributed by atoms with E-state index in [1.807, 2.05) is 18.2 Å². The Morgan fingerprint density at radius 2 is 2.10 bits per heavy atom. The Morgan fingerprint density at radius 3 is 2.95 bits per heavy atom. The van der Waals surface area contributed by atoms with Gasteiger partial charge in [0.15, 0.2) is 17.4 Å². The third-order valence-corrected chi connectivity index (χ3v) is 3.82. The number of oxazole rings is 1. The molecule has 0 spiro atoms. The van der Waals surface area contributed by atoms with Gasteiger partial charge in [0, 0.05) is 24.4 Å². The van der Waals surface area contributed by atoms with Crippen LogP contribution in [-0.4, -0.2) is 17.6 Å². The van der Waals surface area contributed by atoms with Gasteiger partial charge in [0.25, 0.3) is 0 Å². The minimum atomic E-state index is 0.699. The number of benzene rings is 1. The van der Waals surface area contributed by atoms with E-state index in [4.69, 9.17) is 8.83 Å². The molecule has 1 aliphatic rings. The van der Waals surface area contributed by atoms with Gasteiger partial charge < -0.3 is 14.2 Å². The fraction of sp³-hybridized carbons (Fsp3) is 0.353. The van der Waals surface area contributed by atoms with Crippen LogP contribution in [0, 0.1) is 6.92 Å². The topological polar surface area (TPSA) is 51.2 Å². The highest BCUT2D eigenvalue weighted by Gasteiger charge is 2.20. The van der Waals surface area contributed by atoms with Crippen LogP contribution in [0.15, 0.2) is 39.3 Å². The van der Waals surface area contributed by atoms with Crippen molar-refractivity contribution in [2.45, 2.75) is 32.2 Å². The predicted octanol–water partition coefficient (Wildman–Crippen LogP) is 3.69. The maximum absolute atomic E-state index is 5.83. The average molecular weight is 282 g/mol. The van der Waals surface area contributed by atoms with E-state index < -0.39 is 0 Å². The first-order valence-electron chi connectivity index (χ1n) is 7.46. The summed E-state index contributed by atoms with van der Waals surface area (Å²) in [5, 5.41) is 4.55. The van der Waals surface area contributed by atoms with Crippen molar-refractivity contribution >= 4 is 11.0 Å². The molecule has 4 nitrogen and oxygen atoms in total. The Kier molecular flexibility index (Phi) is 3.04. The number of aryl methyl sites for hydroxylation is 1. The van der Waals surface area contributed by atoms with E-state index in [-0.39, 0.29) is 0 Å². The number of rotatable bonds is 5. The number of furan rings is 1. The summed E-state index contributed by atoms with van der Waals surface area (Å²) in [5.74, 6) is 2.20. The molecule has 1 saturated carbocycles. The summed E-state index contributed by atoms with van der Waals surface area (Å²) in [5.41, 5.74) is 2.10. The molecule has 0 unspecified atom stereocenters. The van der Waals surface area contributed by atoms with E-state index in [1.54, 1.807) is 6.20 Å². The zero-order valence-electron chi connectivity index (χ0n) is 12.1. The molecule has 0 saturated heterocycles. The number of hydrogen-bond donors (Lipinski definition) is 1. The lowest BCUT2D eigenvalue weighted by Crippen LogP contribution is -2.19. The molecule has 1 fully saturated rings. The van der Waals surface area contributed by atoms with Crippen molar-refractivity contribution in [1.82, 2.24) is 10.3 Å². The van der Waals surface area contributed by atoms with E-state index in [0.29, 0.717) is 5.76 Å². The van der Waals surface area contributed by atoms with E-state index in [0.717, 1.165) is 41.6 Å². The van der Waals surface area contributed by atoms with Crippen molar-refractivity contribution < 1.29 is 8.83 Å². The maximum Gasteiger partial charge on any atom is 0.196 e. The largest absolute Gasteiger partial charge is 0.453 e. The van der Waals surface area contributed by atoms with Gasteiger partial charge in [-0.3, -0.25) is 0 Å². The average Bonchev–Trinajstić information content (AvgIpc) is 3.00. The summed E-state index contributed by atoms with van der Waals surface area (Å²) in [4.78, 5) is 4.33. The molecule has 1 N–H and O–H groups in total. The molecule has 1 aliphatic carbocycles. The maximum atomic E-state index is 5.83. The molecule has 1 aromatic carbocycles. The van der Waals surface area contributed by atoms with Crippen molar-refractivity contribution in [3.8, 4) is 11.5 Å². The lowest BCUT2D eigenvalue weighted by atomic mass is 10.2. The second kappa shape index (κ2) is 5.04. The normalized spacial score (nSPS) is 14.9. The Balaban J connectivity index is 1.52. The van der Waals surface area contributed by atoms with Crippen LogP contribution >= 0.6 is 0 Å². The first kappa shape index (κ1) is 12.7. The lowest BCUT2D eigenvalue weighted by Gasteiger charge is -1.98. The summed E-state index contributed by atoms with van der Waals surface area (Å²) in [7, 11) is 0. The van der Waals surface area contributed by atoms with Crippen molar-refractivity contribution in [2.75, 3.05) is 6.54 Å². The predicted molar refractivity (Wildman–Crippen MR) is 81.2 cm³/mol. The summed E-state index contributed by atoms with van der Waals surface area (Å²) in [6.45, 7) is 3.00. The molecular weight excluding hydrogens is 264 g/mol. The molecule has 2 heterocycles. The lowest BCUT2D eigenvalue weighted by molar-refractivity contribution is 0.480. The van der Waals surface area contributed by atoms with Crippen molar-refractivity contribution in [3.63, 3.8) is 0 Å². The van der Waals surface area contributed by atoms with Gasteiger partial charge in [-0.05, 0) is 38.0 Å². The minimum absolute atomic E-state index is 0.699. The Bertz CT molecular complexity index is 768. The Hall–Kier alpha value is -2.07. The fourth-order valence-corrected chi connectivity index (χ4v) is 2.49. The molecule has 108 valence electrons. The van der Waals surface area contributed by atoms with Crippen LogP contribution in [0.25, 0.3) is 22.5 Å². The van der Waals surface area contributed by atoms with E-state index in [1.165, 1.54) is 18.4 Å². The molecule has 0 aliphatic heterocycles. The van der Waals surface area contributed by atoms with Gasteiger partial charge in [0.05, 0.1) is 6.20 Å². The van der Waals surface area contributed by atoms with Gasteiger partial charge in [-0.25, -0.2) is 4.98 Å². The van der Waals surface area contributed by atoms with Crippen molar-refractivity contribution in [3.05, 3.63) is 41.9 Å². The highest BCUT2D eigenvalue weighted by atomic mass is 16.4. The van der Waals surface area contributed by atoms with Crippen LogP contribution in [0.5, 0.6) is 0 Å². The van der Waals surface area contributed by atoms with Gasteiger partial charge in [-0.15, -0.1) is 0 Å². The van der Waals surface area contributed by atoms with Gasteiger partial charge >= 0.3 is 0 Å². The molecule has 4 rings (SSSR count). The SMILES string of the molecule is Cc1ccc2oc(-c3cnc(CCNC4CC4)o3)cc2c1. The molecule has 2 aromatic heterocycles. The van der Waals surface area contributed by atoms with Crippen LogP contribution < -0.4 is 5.32 Å². The summed E-state index contributed by atoms with van der Waals surface area (Å²) in [6.07, 6.45) is 5.16. The first-order chi connectivity index (χ1) is 10.3. The molecule has 0 radical (unpaired) electrons. The molecule has 0 bridgehead atoms. The highest BCUT2D eigenvalue weighted by molar-refractivity contribution is 5.82. The molecular formula is C17H18N2O2. The number of nitrogens with one attached hydrogen (secondary N) is 1. The zero-order chi connectivity index (χ0) is 14.2. The number of hydrogen-bond acceptors (Lipinski definition) is 4. The van der Waals surface area contributed by atoms with Gasteiger partial charge in [0.2, 0.25) is 0 Å². The summed E-state index contributed by atoms with van der Waals surface area (Å²) < 4.78 is 11.6. The number of nitrogens with zero attached hydrogens (tertiary/aromatic N) is 1. The number of fused-ring (bicyclic) bond motifs is 1. The minimum Gasteiger partial charge on any atom is -0.453 e. The standard InChI is InChI=1S/C17H18N2O2/c1-11-2-5-14-12(8-11)9-15(20-14)16-10-19-17(21-16)6-7-18-13-3-4-13/h2,5,8-10,13,18H,3-4,6-7H2,1H3. The van der Waals surface area contributed by atoms with Crippen LogP contribution in [0.1, 0.15) is 24.3 Å². The van der Waals surface area contributed by atoms with Gasteiger partial charge in [0.1, 0.15) is 5.58 Å². The number of aromatic nitrogens is 1. The Morgan fingerprint density at radius 1 is 1.19 bits per heavy atom. The van der Waals surface area contributed by atoms with Gasteiger partial charge in [-0.2, -0.15) is 0 Å². The van der Waals surface area contributed by atoms with E-state index in [2.05, 4.69) is 23.3 Å². The van der Waals surface area contributed by atoms with Crippen LogP contribution in [0.2, 0.25) is 0 Å². The molecule has 21 heavy (non-hydrogen) atoms. The van der Waals surface area contributed by atoms with Gasteiger partial charge in [-0.1, -0.05) is 11.6 Å².